The van der Waals surface area contributed by atoms with Gasteiger partial charge >= 0.3 is 6.09 Å². The van der Waals surface area contributed by atoms with Gasteiger partial charge in [-0.1, -0.05) is 23.5 Å². The molecule has 2 aromatic rings. The fourth-order valence-corrected chi connectivity index (χ4v) is 2.58. The molecule has 0 aliphatic heterocycles. The van der Waals surface area contributed by atoms with Crippen LogP contribution in [0.1, 0.15) is 26.3 Å². The minimum atomic E-state index is -0.586. The van der Waals surface area contributed by atoms with Gasteiger partial charge in [0.2, 0.25) is 5.13 Å². The molecule has 0 saturated heterocycles. The number of ether oxygens (including phenoxy) is 1. The summed E-state index contributed by atoms with van der Waals surface area (Å²) >= 11 is 6.27. The highest BCUT2D eigenvalue weighted by molar-refractivity contribution is 7.73. The van der Waals surface area contributed by atoms with Crippen LogP contribution in [0.15, 0.2) is 24.3 Å². The first-order valence-electron chi connectivity index (χ1n) is 6.41. The van der Waals surface area contributed by atoms with Gasteiger partial charge in [-0.3, -0.25) is 5.10 Å². The fourth-order valence-electron chi connectivity index (χ4n) is 1.69. The van der Waals surface area contributed by atoms with E-state index in [1.807, 2.05) is 52.0 Å². The van der Waals surface area contributed by atoms with Crippen molar-refractivity contribution in [3.8, 4) is 0 Å². The number of H-pyrrole nitrogens is 1. The number of benzene rings is 1. The van der Waals surface area contributed by atoms with Crippen molar-refractivity contribution in [2.24, 2.45) is 0 Å². The maximum absolute atomic E-state index is 12.5. The number of aromatic amines is 1. The lowest BCUT2D eigenvalue weighted by Gasteiger charge is -2.25. The average molecular weight is 323 g/mol. The van der Waals surface area contributed by atoms with Gasteiger partial charge in [-0.2, -0.15) is 0 Å². The van der Waals surface area contributed by atoms with Crippen LogP contribution in [0.4, 0.5) is 15.6 Å². The Bertz CT molecular complexity index is 700. The van der Waals surface area contributed by atoms with Crippen molar-refractivity contribution in [2.75, 3.05) is 4.90 Å². The number of nitrogens with one attached hydrogen (secondary N) is 1. The molecule has 0 spiro atoms. The lowest BCUT2D eigenvalue weighted by atomic mass is 10.2. The Morgan fingerprint density at radius 3 is 2.67 bits per heavy atom. The van der Waals surface area contributed by atoms with Gasteiger partial charge in [-0.05, 0) is 57.6 Å². The number of anilines is 2. The summed E-state index contributed by atoms with van der Waals surface area (Å²) in [6.45, 7) is 7.44. The van der Waals surface area contributed by atoms with E-state index < -0.39 is 11.7 Å². The molecule has 1 N–H and O–H groups in total. The van der Waals surface area contributed by atoms with Crippen molar-refractivity contribution < 1.29 is 9.53 Å². The minimum absolute atomic E-state index is 0.458. The normalized spacial score (nSPS) is 11.2. The highest BCUT2D eigenvalue weighted by Gasteiger charge is 2.27. The summed E-state index contributed by atoms with van der Waals surface area (Å²) in [6.07, 6.45) is -0.481. The van der Waals surface area contributed by atoms with E-state index in [-0.39, 0.29) is 0 Å². The van der Waals surface area contributed by atoms with Crippen LogP contribution in [-0.4, -0.2) is 21.9 Å². The Hall–Kier alpha value is -1.73. The van der Waals surface area contributed by atoms with E-state index in [2.05, 4.69) is 10.2 Å². The van der Waals surface area contributed by atoms with Gasteiger partial charge < -0.3 is 4.74 Å². The second-order valence-electron chi connectivity index (χ2n) is 5.55. The molecule has 0 saturated carbocycles. The largest absolute Gasteiger partial charge is 0.443 e. The molecule has 112 valence electrons. The molecule has 1 aromatic carbocycles. The monoisotopic (exact) mass is 323 g/mol. The number of aromatic nitrogens is 2. The van der Waals surface area contributed by atoms with Gasteiger partial charge in [0.1, 0.15) is 5.60 Å². The van der Waals surface area contributed by atoms with E-state index in [4.69, 9.17) is 17.0 Å². The van der Waals surface area contributed by atoms with Crippen LogP contribution in [0.3, 0.4) is 0 Å². The van der Waals surface area contributed by atoms with Gasteiger partial charge in [-0.15, -0.1) is 5.10 Å². The smallest absolute Gasteiger partial charge is 0.421 e. The molecule has 0 aliphatic rings. The molecule has 7 heteroatoms. The predicted molar refractivity (Wildman–Crippen MR) is 86.9 cm³/mol. The van der Waals surface area contributed by atoms with Crippen molar-refractivity contribution in [2.45, 2.75) is 33.3 Å². The number of nitrogens with zero attached hydrogens (tertiary/aromatic N) is 2. The average Bonchev–Trinajstić information content (AvgIpc) is 2.73. The third-order valence-electron chi connectivity index (χ3n) is 2.45. The highest BCUT2D eigenvalue weighted by Crippen LogP contribution is 2.29. The Labute approximate surface area is 132 Å². The zero-order valence-corrected chi connectivity index (χ0v) is 14.0. The molecule has 1 amide bonds. The van der Waals surface area contributed by atoms with Gasteiger partial charge in [0.25, 0.3) is 0 Å². The molecular formula is C14H17N3O2S2. The number of aryl methyl sites for hydroxylation is 1. The predicted octanol–water partition coefficient (Wildman–Crippen LogP) is 4.58. The van der Waals surface area contributed by atoms with Crippen molar-refractivity contribution >= 4 is 40.5 Å². The topological polar surface area (TPSA) is 58.2 Å². The van der Waals surface area contributed by atoms with E-state index in [9.17, 15) is 4.79 Å². The van der Waals surface area contributed by atoms with Crippen LogP contribution in [0.5, 0.6) is 0 Å². The summed E-state index contributed by atoms with van der Waals surface area (Å²) in [5.74, 6) is 0. The lowest BCUT2D eigenvalue weighted by Crippen LogP contribution is -2.33. The molecule has 2 rings (SSSR count). The molecule has 1 heterocycles. The van der Waals surface area contributed by atoms with Crippen molar-refractivity contribution in [1.82, 2.24) is 10.2 Å². The Morgan fingerprint density at radius 1 is 1.43 bits per heavy atom. The van der Waals surface area contributed by atoms with Crippen LogP contribution < -0.4 is 4.90 Å². The second-order valence-corrected chi connectivity index (χ2v) is 7.19. The first-order valence-corrected chi connectivity index (χ1v) is 7.64. The summed E-state index contributed by atoms with van der Waals surface area (Å²) in [7, 11) is 0. The number of carbonyl (C=O) groups is 1. The van der Waals surface area contributed by atoms with E-state index in [1.165, 1.54) is 16.2 Å². The van der Waals surface area contributed by atoms with E-state index in [0.717, 1.165) is 5.56 Å². The number of hydrogen-bond acceptors (Lipinski definition) is 5. The third-order valence-corrected chi connectivity index (χ3v) is 3.53. The number of carbonyl (C=O) groups excluding carboxylic acids is 1. The Morgan fingerprint density at radius 2 is 2.14 bits per heavy atom. The van der Waals surface area contributed by atoms with Crippen LogP contribution >= 0.6 is 23.6 Å². The molecule has 0 radical (unpaired) electrons. The second kappa shape index (κ2) is 5.95. The lowest BCUT2D eigenvalue weighted by molar-refractivity contribution is 0.0599. The molecule has 0 atom stereocenters. The molecular weight excluding hydrogens is 306 g/mol. The summed E-state index contributed by atoms with van der Waals surface area (Å²) in [4.78, 5) is 13.9. The fraction of sp³-hybridized carbons (Fsp3) is 0.357. The van der Waals surface area contributed by atoms with E-state index in [0.29, 0.717) is 14.8 Å². The number of rotatable bonds is 2. The van der Waals surface area contributed by atoms with Crippen molar-refractivity contribution in [3.63, 3.8) is 0 Å². The SMILES string of the molecule is Cc1cccc(N(C(=O)OC(C)(C)C)c2n[nH]c(=S)s2)c1. The van der Waals surface area contributed by atoms with E-state index >= 15 is 0 Å². The Kier molecular flexibility index (Phi) is 4.43. The van der Waals surface area contributed by atoms with Gasteiger partial charge in [0, 0.05) is 0 Å². The van der Waals surface area contributed by atoms with Crippen LogP contribution in [0.2, 0.25) is 0 Å². The molecule has 0 aliphatic carbocycles. The third kappa shape index (κ3) is 4.12. The zero-order valence-electron chi connectivity index (χ0n) is 12.3. The standard InChI is InChI=1S/C14H17N3O2S2/c1-9-6-5-7-10(8-9)17(11-15-16-12(20)21-11)13(18)19-14(2,3)4/h5-8H,1-4H3,(H,16,20). The van der Waals surface area contributed by atoms with Gasteiger partial charge in [0.15, 0.2) is 3.95 Å². The summed E-state index contributed by atoms with van der Waals surface area (Å²) < 4.78 is 5.97. The summed E-state index contributed by atoms with van der Waals surface area (Å²) in [5.41, 5.74) is 1.15. The molecule has 0 fully saturated rings. The molecule has 1 aromatic heterocycles. The summed E-state index contributed by atoms with van der Waals surface area (Å²) in [6, 6.07) is 7.58. The van der Waals surface area contributed by atoms with Crippen LogP contribution in [0, 0.1) is 10.9 Å². The first-order chi connectivity index (χ1) is 9.76. The van der Waals surface area contributed by atoms with Crippen LogP contribution in [0.25, 0.3) is 0 Å². The maximum atomic E-state index is 12.5. The van der Waals surface area contributed by atoms with Crippen molar-refractivity contribution in [1.29, 1.82) is 0 Å². The zero-order chi connectivity index (χ0) is 15.6. The number of hydrogen-bond donors (Lipinski definition) is 1. The number of amides is 1. The highest BCUT2D eigenvalue weighted by atomic mass is 32.1. The van der Waals surface area contributed by atoms with Crippen LogP contribution in [-0.2, 0) is 4.74 Å². The van der Waals surface area contributed by atoms with Crippen molar-refractivity contribution in [3.05, 3.63) is 33.8 Å². The quantitative estimate of drug-likeness (QED) is 0.822. The van der Waals surface area contributed by atoms with Gasteiger partial charge in [-0.25, -0.2) is 9.69 Å². The van der Waals surface area contributed by atoms with E-state index in [1.54, 1.807) is 0 Å². The molecule has 0 bridgehead atoms. The molecule has 0 unspecified atom stereocenters. The maximum Gasteiger partial charge on any atom is 0.421 e. The van der Waals surface area contributed by atoms with Gasteiger partial charge in [0.05, 0.1) is 5.69 Å². The summed E-state index contributed by atoms with van der Waals surface area (Å²) in [5, 5.41) is 7.23. The molecule has 5 nitrogen and oxygen atoms in total. The first kappa shape index (κ1) is 15.7. The minimum Gasteiger partial charge on any atom is -0.443 e. The Balaban J connectivity index is 2.44. The molecule has 21 heavy (non-hydrogen) atoms.